The third-order valence-corrected chi connectivity index (χ3v) is 6.37. The number of carbonyl (C=O) groups excluding carboxylic acids is 1. The van der Waals surface area contributed by atoms with Crippen molar-refractivity contribution in [3.05, 3.63) is 47.1 Å². The van der Waals surface area contributed by atoms with Gasteiger partial charge in [-0.05, 0) is 52.7 Å². The van der Waals surface area contributed by atoms with Gasteiger partial charge >= 0.3 is 6.09 Å². The third kappa shape index (κ3) is 4.76. The summed E-state index contributed by atoms with van der Waals surface area (Å²) in [6, 6.07) is 9.47. The number of sulfonamides is 1. The first kappa shape index (κ1) is 19.6. The van der Waals surface area contributed by atoms with Crippen LogP contribution in [0.25, 0.3) is 0 Å². The number of aromatic nitrogens is 1. The fraction of sp³-hybridized carbons (Fsp3) is 0.294. The molecule has 0 aliphatic carbocycles. The van der Waals surface area contributed by atoms with Gasteiger partial charge < -0.3 is 9.47 Å². The molecule has 1 aliphatic rings. The molecule has 1 saturated heterocycles. The van der Waals surface area contributed by atoms with Crippen LogP contribution in [0.1, 0.15) is 6.42 Å². The lowest BCUT2D eigenvalue weighted by Crippen LogP contribution is -2.31. The van der Waals surface area contributed by atoms with Crippen molar-refractivity contribution in [3.63, 3.8) is 0 Å². The predicted molar refractivity (Wildman–Crippen MR) is 102 cm³/mol. The van der Waals surface area contributed by atoms with Gasteiger partial charge in [-0.2, -0.15) is 4.31 Å². The first-order valence-corrected chi connectivity index (χ1v) is 10.3. The normalized spacial score (nSPS) is 17.5. The summed E-state index contributed by atoms with van der Waals surface area (Å²) in [5, 5.41) is 2.48. The molecule has 1 fully saturated rings. The summed E-state index contributed by atoms with van der Waals surface area (Å²) >= 11 is 3.31. The zero-order valence-electron chi connectivity index (χ0n) is 14.5. The Hall–Kier alpha value is -2.17. The van der Waals surface area contributed by atoms with Crippen LogP contribution in [-0.4, -0.2) is 50.1 Å². The van der Waals surface area contributed by atoms with Gasteiger partial charge in [0.05, 0.1) is 18.6 Å². The molecule has 1 aromatic heterocycles. The zero-order valence-corrected chi connectivity index (χ0v) is 16.9. The maximum Gasteiger partial charge on any atom is 0.411 e. The zero-order chi connectivity index (χ0) is 19.4. The van der Waals surface area contributed by atoms with Gasteiger partial charge in [0.15, 0.2) is 0 Å². The molecule has 144 valence electrons. The van der Waals surface area contributed by atoms with Crippen molar-refractivity contribution in [2.24, 2.45) is 0 Å². The molecule has 3 rings (SSSR count). The molecule has 0 spiro atoms. The number of methoxy groups -OCH3 is 1. The van der Waals surface area contributed by atoms with E-state index in [-0.39, 0.29) is 17.5 Å². The second-order valence-corrected chi connectivity index (χ2v) is 8.70. The molecule has 1 N–H and O–H groups in total. The van der Waals surface area contributed by atoms with Gasteiger partial charge in [0.1, 0.15) is 6.10 Å². The van der Waals surface area contributed by atoms with Gasteiger partial charge in [0.25, 0.3) is 0 Å². The quantitative estimate of drug-likeness (QED) is 0.743. The van der Waals surface area contributed by atoms with E-state index in [1.54, 1.807) is 12.3 Å². The molecule has 1 atom stereocenters. The SMILES string of the molecule is COC(=O)Nc1ccc(S(=O)(=O)N2CCC(Oc3ccc(Br)cn3)C2)cc1. The Labute approximate surface area is 165 Å². The highest BCUT2D eigenvalue weighted by atomic mass is 79.9. The molecular formula is C17H18BrN3O5S. The van der Waals surface area contributed by atoms with Crippen molar-refractivity contribution in [3.8, 4) is 5.88 Å². The highest BCUT2D eigenvalue weighted by Gasteiger charge is 2.33. The fourth-order valence-electron chi connectivity index (χ4n) is 2.64. The van der Waals surface area contributed by atoms with Crippen molar-refractivity contribution in [1.29, 1.82) is 0 Å². The van der Waals surface area contributed by atoms with Gasteiger partial charge in [-0.3, -0.25) is 5.32 Å². The number of carbonyl (C=O) groups is 1. The molecule has 2 heterocycles. The number of benzene rings is 1. The second kappa shape index (κ2) is 8.24. The summed E-state index contributed by atoms with van der Waals surface area (Å²) in [7, 11) is -2.39. The smallest absolute Gasteiger partial charge is 0.411 e. The van der Waals surface area contributed by atoms with Gasteiger partial charge in [0.2, 0.25) is 15.9 Å². The average Bonchev–Trinajstić information content (AvgIpc) is 3.13. The van der Waals surface area contributed by atoms with Crippen LogP contribution in [-0.2, 0) is 14.8 Å². The number of nitrogens with one attached hydrogen (secondary N) is 1. The number of halogens is 1. The maximum atomic E-state index is 12.8. The minimum atomic E-state index is -3.64. The van der Waals surface area contributed by atoms with Crippen LogP contribution in [0.3, 0.4) is 0 Å². The Morgan fingerprint density at radius 1 is 1.26 bits per heavy atom. The fourth-order valence-corrected chi connectivity index (χ4v) is 4.36. The van der Waals surface area contributed by atoms with Crippen LogP contribution in [0.5, 0.6) is 5.88 Å². The lowest BCUT2D eigenvalue weighted by Gasteiger charge is -2.17. The summed E-state index contributed by atoms with van der Waals surface area (Å²) in [4.78, 5) is 15.5. The van der Waals surface area contributed by atoms with Gasteiger partial charge in [0, 0.05) is 29.0 Å². The lowest BCUT2D eigenvalue weighted by molar-refractivity contribution is 0.187. The first-order valence-electron chi connectivity index (χ1n) is 8.12. The monoisotopic (exact) mass is 455 g/mol. The summed E-state index contributed by atoms with van der Waals surface area (Å²) in [5.74, 6) is 0.459. The van der Waals surface area contributed by atoms with E-state index < -0.39 is 16.1 Å². The number of nitrogens with zero attached hydrogens (tertiary/aromatic N) is 2. The minimum Gasteiger partial charge on any atom is -0.473 e. The van der Waals surface area contributed by atoms with Crippen LogP contribution >= 0.6 is 15.9 Å². The number of amides is 1. The number of ether oxygens (including phenoxy) is 2. The molecule has 27 heavy (non-hydrogen) atoms. The Bertz CT molecular complexity index is 903. The van der Waals surface area contributed by atoms with E-state index in [0.29, 0.717) is 24.5 Å². The van der Waals surface area contributed by atoms with E-state index >= 15 is 0 Å². The highest BCUT2D eigenvalue weighted by Crippen LogP contribution is 2.25. The topological polar surface area (TPSA) is 97.8 Å². The summed E-state index contributed by atoms with van der Waals surface area (Å²) in [6.45, 7) is 0.619. The number of anilines is 1. The highest BCUT2D eigenvalue weighted by molar-refractivity contribution is 9.10. The number of hydrogen-bond acceptors (Lipinski definition) is 6. The van der Waals surface area contributed by atoms with Gasteiger partial charge in [-0.25, -0.2) is 18.2 Å². The summed E-state index contributed by atoms with van der Waals surface area (Å²) in [6.07, 6.45) is 1.34. The van der Waals surface area contributed by atoms with Crippen LogP contribution in [0.2, 0.25) is 0 Å². The number of pyridine rings is 1. The van der Waals surface area contributed by atoms with E-state index in [2.05, 4.69) is 31.0 Å². The van der Waals surface area contributed by atoms with Crippen molar-refractivity contribution >= 4 is 37.7 Å². The molecule has 0 saturated carbocycles. The lowest BCUT2D eigenvalue weighted by atomic mass is 10.3. The molecule has 0 radical (unpaired) electrons. The molecule has 1 aliphatic heterocycles. The van der Waals surface area contributed by atoms with E-state index in [0.717, 1.165) is 4.47 Å². The van der Waals surface area contributed by atoms with Crippen molar-refractivity contribution in [2.45, 2.75) is 17.4 Å². The molecule has 1 aromatic carbocycles. The Morgan fingerprint density at radius 2 is 2.00 bits per heavy atom. The van der Waals surface area contributed by atoms with Crippen LogP contribution in [0.15, 0.2) is 52.0 Å². The number of rotatable bonds is 5. The maximum absolute atomic E-state index is 12.8. The molecule has 2 aromatic rings. The van der Waals surface area contributed by atoms with Crippen LogP contribution in [0, 0.1) is 0 Å². The van der Waals surface area contributed by atoms with Crippen molar-refractivity contribution in [1.82, 2.24) is 9.29 Å². The van der Waals surface area contributed by atoms with E-state index in [1.807, 2.05) is 6.07 Å². The predicted octanol–water partition coefficient (Wildman–Crippen LogP) is 2.86. The minimum absolute atomic E-state index is 0.153. The van der Waals surface area contributed by atoms with E-state index in [4.69, 9.17) is 4.74 Å². The standard InChI is InChI=1S/C17H18BrN3O5S/c1-25-17(22)20-13-3-5-15(6-4-13)27(23,24)21-9-8-14(11-21)26-16-7-2-12(18)10-19-16/h2-7,10,14H,8-9,11H2,1H3,(H,20,22). The van der Waals surface area contributed by atoms with Crippen LogP contribution < -0.4 is 10.1 Å². The van der Waals surface area contributed by atoms with Gasteiger partial charge in [-0.1, -0.05) is 0 Å². The Kier molecular flexibility index (Phi) is 5.98. The molecule has 8 nitrogen and oxygen atoms in total. The second-order valence-electron chi connectivity index (χ2n) is 5.85. The largest absolute Gasteiger partial charge is 0.473 e. The molecule has 10 heteroatoms. The average molecular weight is 456 g/mol. The van der Waals surface area contributed by atoms with Gasteiger partial charge in [-0.15, -0.1) is 0 Å². The molecule has 1 unspecified atom stereocenters. The Balaban J connectivity index is 1.65. The third-order valence-electron chi connectivity index (χ3n) is 4.02. The molecular weight excluding hydrogens is 438 g/mol. The van der Waals surface area contributed by atoms with Crippen LogP contribution in [0.4, 0.5) is 10.5 Å². The Morgan fingerprint density at radius 3 is 2.63 bits per heavy atom. The van der Waals surface area contributed by atoms with E-state index in [9.17, 15) is 13.2 Å². The molecule has 1 amide bonds. The first-order chi connectivity index (χ1) is 12.9. The molecule has 0 bridgehead atoms. The number of hydrogen-bond donors (Lipinski definition) is 1. The summed E-state index contributed by atoms with van der Waals surface area (Å²) < 4.78 is 38.1. The van der Waals surface area contributed by atoms with E-state index in [1.165, 1.54) is 35.7 Å². The van der Waals surface area contributed by atoms with Crippen molar-refractivity contribution < 1.29 is 22.7 Å². The van der Waals surface area contributed by atoms with Crippen molar-refractivity contribution in [2.75, 3.05) is 25.5 Å². The summed E-state index contributed by atoms with van der Waals surface area (Å²) in [5.41, 5.74) is 0.449.